The van der Waals surface area contributed by atoms with Crippen molar-refractivity contribution in [3.05, 3.63) is 35.4 Å². The van der Waals surface area contributed by atoms with E-state index in [0.29, 0.717) is 5.56 Å². The zero-order valence-corrected chi connectivity index (χ0v) is 13.7. The number of benzene rings is 1. The molecule has 0 aromatic heterocycles. The lowest BCUT2D eigenvalue weighted by Crippen LogP contribution is -2.39. The molecule has 0 aliphatic carbocycles. The molecular formula is C17H20N2O5. The van der Waals surface area contributed by atoms with E-state index in [1.807, 2.05) is 0 Å². The molecule has 0 saturated carbocycles. The van der Waals surface area contributed by atoms with Gasteiger partial charge in [0, 0.05) is 18.4 Å². The van der Waals surface area contributed by atoms with Gasteiger partial charge >= 0.3 is 5.97 Å². The summed E-state index contributed by atoms with van der Waals surface area (Å²) in [5, 5.41) is 2.56. The first-order valence-electron chi connectivity index (χ1n) is 7.82. The van der Waals surface area contributed by atoms with Crippen LogP contribution in [0.15, 0.2) is 24.3 Å². The third-order valence-electron chi connectivity index (χ3n) is 3.70. The second-order valence-electron chi connectivity index (χ2n) is 5.52. The Kier molecular flexibility index (Phi) is 5.68. The summed E-state index contributed by atoms with van der Waals surface area (Å²) in [4.78, 5) is 48.0. The number of esters is 1. The first-order chi connectivity index (χ1) is 11.4. The second kappa shape index (κ2) is 7.72. The highest BCUT2D eigenvalue weighted by molar-refractivity contribution is 6.01. The zero-order valence-electron chi connectivity index (χ0n) is 13.7. The number of likely N-dealkylation sites (tertiary alicyclic amines) is 1. The predicted octanol–water partition coefficient (Wildman–Crippen LogP) is 1.02. The molecule has 1 saturated heterocycles. The molecule has 7 nitrogen and oxygen atoms in total. The van der Waals surface area contributed by atoms with Crippen LogP contribution in [0.4, 0.5) is 0 Å². The highest BCUT2D eigenvalue weighted by Crippen LogP contribution is 2.16. The van der Waals surface area contributed by atoms with Gasteiger partial charge < -0.3 is 10.1 Å². The molecule has 0 radical (unpaired) electrons. The maximum Gasteiger partial charge on any atom is 0.328 e. The summed E-state index contributed by atoms with van der Waals surface area (Å²) in [6, 6.07) is 5.81. The number of carbonyl (C=O) groups excluding carboxylic acids is 4. The Morgan fingerprint density at radius 3 is 2.29 bits per heavy atom. The van der Waals surface area contributed by atoms with Crippen molar-refractivity contribution >= 4 is 23.7 Å². The topological polar surface area (TPSA) is 92.8 Å². The van der Waals surface area contributed by atoms with Gasteiger partial charge in [-0.1, -0.05) is 12.1 Å². The Labute approximate surface area is 140 Å². The number of hydrogen-bond donors (Lipinski definition) is 1. The summed E-state index contributed by atoms with van der Waals surface area (Å²) in [6.07, 6.45) is 0.510. The quantitative estimate of drug-likeness (QED) is 0.620. The van der Waals surface area contributed by atoms with E-state index in [2.05, 4.69) is 5.32 Å². The Balaban J connectivity index is 1.96. The molecule has 2 rings (SSSR count). The van der Waals surface area contributed by atoms with Gasteiger partial charge in [-0.2, -0.15) is 0 Å². The molecule has 1 aliphatic heterocycles. The molecule has 0 bridgehead atoms. The van der Waals surface area contributed by atoms with E-state index in [1.165, 1.54) is 4.90 Å². The maximum atomic E-state index is 12.1. The van der Waals surface area contributed by atoms with E-state index in [9.17, 15) is 19.2 Å². The number of rotatable bonds is 6. The standard InChI is InChI=1S/C17H20N2O5/c1-3-24-17(23)11(2)18-16(22)13-6-4-12(5-7-13)10-19-14(20)8-9-15(19)21/h4-7,11H,3,8-10H2,1-2H3,(H,18,22)/t11-/m1/s1. The van der Waals surface area contributed by atoms with Gasteiger partial charge in [0.2, 0.25) is 11.8 Å². The van der Waals surface area contributed by atoms with Crippen LogP contribution in [0.5, 0.6) is 0 Å². The van der Waals surface area contributed by atoms with Gasteiger partial charge in [-0.25, -0.2) is 4.79 Å². The Hall–Kier alpha value is -2.70. The van der Waals surface area contributed by atoms with Crippen molar-refractivity contribution in [1.29, 1.82) is 0 Å². The minimum atomic E-state index is -0.739. The van der Waals surface area contributed by atoms with E-state index >= 15 is 0 Å². The molecule has 1 fully saturated rings. The van der Waals surface area contributed by atoms with Crippen LogP contribution in [-0.2, 0) is 25.7 Å². The van der Waals surface area contributed by atoms with Crippen molar-refractivity contribution in [1.82, 2.24) is 10.2 Å². The molecule has 0 unspecified atom stereocenters. The Morgan fingerprint density at radius 2 is 1.75 bits per heavy atom. The van der Waals surface area contributed by atoms with E-state index in [4.69, 9.17) is 4.74 Å². The van der Waals surface area contributed by atoms with Gasteiger partial charge in [-0.3, -0.25) is 19.3 Å². The van der Waals surface area contributed by atoms with Crippen LogP contribution in [0.2, 0.25) is 0 Å². The van der Waals surface area contributed by atoms with Gasteiger partial charge in [0.1, 0.15) is 6.04 Å². The van der Waals surface area contributed by atoms with Crippen LogP contribution >= 0.6 is 0 Å². The molecular weight excluding hydrogens is 312 g/mol. The van der Waals surface area contributed by atoms with E-state index in [0.717, 1.165) is 5.56 Å². The minimum Gasteiger partial charge on any atom is -0.464 e. The highest BCUT2D eigenvalue weighted by Gasteiger charge is 2.28. The third-order valence-corrected chi connectivity index (χ3v) is 3.70. The fourth-order valence-corrected chi connectivity index (χ4v) is 2.35. The van der Waals surface area contributed by atoms with Crippen molar-refractivity contribution in [2.24, 2.45) is 0 Å². The number of amides is 3. The van der Waals surface area contributed by atoms with E-state index < -0.39 is 17.9 Å². The van der Waals surface area contributed by atoms with Crippen LogP contribution < -0.4 is 5.32 Å². The average Bonchev–Trinajstić information content (AvgIpc) is 2.87. The fourth-order valence-electron chi connectivity index (χ4n) is 2.35. The second-order valence-corrected chi connectivity index (χ2v) is 5.52. The fraction of sp³-hybridized carbons (Fsp3) is 0.412. The number of hydrogen-bond acceptors (Lipinski definition) is 5. The summed E-state index contributed by atoms with van der Waals surface area (Å²) >= 11 is 0. The summed E-state index contributed by atoms with van der Waals surface area (Å²) in [6.45, 7) is 3.70. The van der Waals surface area contributed by atoms with Crippen LogP contribution in [0.3, 0.4) is 0 Å². The van der Waals surface area contributed by atoms with Crippen LogP contribution in [0.25, 0.3) is 0 Å². The number of nitrogens with zero attached hydrogens (tertiary/aromatic N) is 1. The lowest BCUT2D eigenvalue weighted by atomic mass is 10.1. The molecule has 1 aliphatic rings. The van der Waals surface area contributed by atoms with Crippen LogP contribution in [-0.4, -0.2) is 41.2 Å². The lowest BCUT2D eigenvalue weighted by molar-refractivity contribution is -0.145. The lowest BCUT2D eigenvalue weighted by Gasteiger charge is -2.15. The minimum absolute atomic E-state index is 0.176. The predicted molar refractivity (Wildman–Crippen MR) is 84.8 cm³/mol. The van der Waals surface area contributed by atoms with Crippen molar-refractivity contribution in [2.75, 3.05) is 6.61 Å². The van der Waals surface area contributed by atoms with Crippen LogP contribution in [0, 0.1) is 0 Å². The normalized spacial score (nSPS) is 15.3. The number of imide groups is 1. The molecule has 1 aromatic rings. The number of ether oxygens (including phenoxy) is 1. The van der Waals surface area contributed by atoms with Crippen LogP contribution in [0.1, 0.15) is 42.6 Å². The maximum absolute atomic E-state index is 12.1. The molecule has 128 valence electrons. The van der Waals surface area contributed by atoms with Gasteiger partial charge in [0.05, 0.1) is 13.2 Å². The number of nitrogens with one attached hydrogen (secondary N) is 1. The molecule has 24 heavy (non-hydrogen) atoms. The molecule has 1 atom stereocenters. The first kappa shape index (κ1) is 17.7. The molecule has 0 spiro atoms. The first-order valence-corrected chi connectivity index (χ1v) is 7.82. The molecule has 1 N–H and O–H groups in total. The van der Waals surface area contributed by atoms with E-state index in [1.54, 1.807) is 38.1 Å². The molecule has 3 amide bonds. The van der Waals surface area contributed by atoms with Gasteiger partial charge in [0.25, 0.3) is 5.91 Å². The van der Waals surface area contributed by atoms with Gasteiger partial charge in [-0.15, -0.1) is 0 Å². The van der Waals surface area contributed by atoms with Crippen molar-refractivity contribution in [3.8, 4) is 0 Å². The Morgan fingerprint density at radius 1 is 1.17 bits per heavy atom. The third kappa shape index (κ3) is 4.18. The highest BCUT2D eigenvalue weighted by atomic mass is 16.5. The SMILES string of the molecule is CCOC(=O)[C@@H](C)NC(=O)c1ccc(CN2C(=O)CCC2=O)cc1. The summed E-state index contributed by atoms with van der Waals surface area (Å²) in [7, 11) is 0. The monoisotopic (exact) mass is 332 g/mol. The zero-order chi connectivity index (χ0) is 17.7. The summed E-state index contributed by atoms with van der Waals surface area (Å²) in [5.74, 6) is -1.24. The van der Waals surface area contributed by atoms with Gasteiger partial charge in [0.15, 0.2) is 0 Å². The van der Waals surface area contributed by atoms with Crippen molar-refractivity contribution < 1.29 is 23.9 Å². The smallest absolute Gasteiger partial charge is 0.328 e. The van der Waals surface area contributed by atoms with Gasteiger partial charge in [-0.05, 0) is 31.5 Å². The molecule has 7 heteroatoms. The van der Waals surface area contributed by atoms with E-state index in [-0.39, 0.29) is 37.8 Å². The molecule has 1 aromatic carbocycles. The van der Waals surface area contributed by atoms with Crippen molar-refractivity contribution in [3.63, 3.8) is 0 Å². The largest absolute Gasteiger partial charge is 0.464 e. The molecule has 1 heterocycles. The van der Waals surface area contributed by atoms with Crippen molar-refractivity contribution in [2.45, 2.75) is 39.3 Å². The number of carbonyl (C=O) groups is 4. The summed E-state index contributed by atoms with van der Waals surface area (Å²) in [5.41, 5.74) is 1.14. The Bertz CT molecular complexity index is 637. The summed E-state index contributed by atoms with van der Waals surface area (Å²) < 4.78 is 4.83. The average molecular weight is 332 g/mol.